The lowest BCUT2D eigenvalue weighted by Crippen LogP contribution is -1.95. The number of hydrogen-bond acceptors (Lipinski definition) is 2. The molecule has 2 nitrogen and oxygen atoms in total. The SMILES string of the molecule is Cc1ccc(F)cc1-c1cc(Cl)cnc1N. The van der Waals surface area contributed by atoms with Crippen LogP contribution in [-0.2, 0) is 0 Å². The molecule has 0 unspecified atom stereocenters. The first kappa shape index (κ1) is 10.9. The van der Waals surface area contributed by atoms with E-state index in [9.17, 15) is 4.39 Å². The molecule has 0 atom stereocenters. The Labute approximate surface area is 97.9 Å². The summed E-state index contributed by atoms with van der Waals surface area (Å²) in [4.78, 5) is 3.95. The van der Waals surface area contributed by atoms with Crippen molar-refractivity contribution < 1.29 is 4.39 Å². The van der Waals surface area contributed by atoms with E-state index in [1.165, 1.54) is 18.3 Å². The fourth-order valence-corrected chi connectivity index (χ4v) is 1.71. The number of benzene rings is 1. The standard InChI is InChI=1S/C12H10ClFN2/c1-7-2-3-9(14)5-10(7)11-4-8(13)6-16-12(11)15/h2-6H,1H3,(H2,15,16). The van der Waals surface area contributed by atoms with Crippen molar-refractivity contribution in [2.75, 3.05) is 5.73 Å². The lowest BCUT2D eigenvalue weighted by Gasteiger charge is -2.08. The molecule has 0 aliphatic rings. The second kappa shape index (κ2) is 4.10. The first-order valence-electron chi connectivity index (χ1n) is 4.75. The summed E-state index contributed by atoms with van der Waals surface area (Å²) in [6, 6.07) is 6.22. The highest BCUT2D eigenvalue weighted by atomic mass is 35.5. The van der Waals surface area contributed by atoms with Gasteiger partial charge in [0.25, 0.3) is 0 Å². The minimum absolute atomic E-state index is 0.306. The van der Waals surface area contributed by atoms with Crippen molar-refractivity contribution in [3.63, 3.8) is 0 Å². The zero-order chi connectivity index (χ0) is 11.7. The Kier molecular flexibility index (Phi) is 2.79. The van der Waals surface area contributed by atoms with Crippen LogP contribution in [0.5, 0.6) is 0 Å². The molecule has 82 valence electrons. The van der Waals surface area contributed by atoms with Crippen LogP contribution < -0.4 is 5.73 Å². The van der Waals surface area contributed by atoms with E-state index in [2.05, 4.69) is 4.98 Å². The maximum atomic E-state index is 13.2. The van der Waals surface area contributed by atoms with E-state index >= 15 is 0 Å². The van der Waals surface area contributed by atoms with Gasteiger partial charge in [-0.05, 0) is 36.2 Å². The number of pyridine rings is 1. The van der Waals surface area contributed by atoms with Gasteiger partial charge >= 0.3 is 0 Å². The first-order chi connectivity index (χ1) is 7.58. The molecule has 4 heteroatoms. The van der Waals surface area contributed by atoms with E-state index in [4.69, 9.17) is 17.3 Å². The molecule has 1 heterocycles. The summed E-state index contributed by atoms with van der Waals surface area (Å²) in [6.45, 7) is 1.88. The second-order valence-corrected chi connectivity index (χ2v) is 3.98. The van der Waals surface area contributed by atoms with Crippen LogP contribution in [-0.4, -0.2) is 4.98 Å². The molecular formula is C12H10ClFN2. The molecule has 0 amide bonds. The zero-order valence-electron chi connectivity index (χ0n) is 8.67. The maximum Gasteiger partial charge on any atom is 0.131 e. The summed E-state index contributed by atoms with van der Waals surface area (Å²) in [5.74, 6) is 0.0399. The molecule has 0 bridgehead atoms. The lowest BCUT2D eigenvalue weighted by atomic mass is 10.0. The molecule has 16 heavy (non-hydrogen) atoms. The average molecular weight is 237 g/mol. The summed E-state index contributed by atoms with van der Waals surface area (Å²) in [5, 5.41) is 0.480. The van der Waals surface area contributed by atoms with E-state index in [0.29, 0.717) is 22.0 Å². The van der Waals surface area contributed by atoms with Crippen molar-refractivity contribution >= 4 is 17.4 Å². The summed E-state index contributed by atoms with van der Waals surface area (Å²) in [5.41, 5.74) is 8.05. The van der Waals surface area contributed by atoms with E-state index < -0.39 is 0 Å². The van der Waals surface area contributed by atoms with E-state index in [-0.39, 0.29) is 5.82 Å². The Morgan fingerprint density at radius 2 is 2.00 bits per heavy atom. The molecule has 0 aliphatic heterocycles. The molecule has 1 aromatic heterocycles. The van der Waals surface area contributed by atoms with Crippen molar-refractivity contribution in [2.45, 2.75) is 6.92 Å². The maximum absolute atomic E-state index is 13.2. The van der Waals surface area contributed by atoms with Gasteiger partial charge in [-0.25, -0.2) is 9.37 Å². The lowest BCUT2D eigenvalue weighted by molar-refractivity contribution is 0.628. The number of hydrogen-bond donors (Lipinski definition) is 1. The number of anilines is 1. The van der Waals surface area contributed by atoms with Crippen molar-refractivity contribution in [1.29, 1.82) is 0 Å². The minimum atomic E-state index is -0.306. The van der Waals surface area contributed by atoms with Crippen LogP contribution in [0.1, 0.15) is 5.56 Å². The number of aromatic nitrogens is 1. The van der Waals surface area contributed by atoms with Crippen LogP contribution in [0.15, 0.2) is 30.5 Å². The van der Waals surface area contributed by atoms with Gasteiger partial charge in [-0.15, -0.1) is 0 Å². The number of aryl methyl sites for hydroxylation is 1. The third-order valence-corrected chi connectivity index (χ3v) is 2.58. The molecular weight excluding hydrogens is 227 g/mol. The van der Waals surface area contributed by atoms with Gasteiger partial charge in [0, 0.05) is 11.8 Å². The Bertz CT molecular complexity index is 491. The second-order valence-electron chi connectivity index (χ2n) is 3.55. The van der Waals surface area contributed by atoms with Crippen LogP contribution in [0.2, 0.25) is 5.02 Å². The zero-order valence-corrected chi connectivity index (χ0v) is 9.42. The molecule has 0 aliphatic carbocycles. The Morgan fingerprint density at radius 3 is 2.75 bits per heavy atom. The predicted molar refractivity (Wildman–Crippen MR) is 63.8 cm³/mol. The van der Waals surface area contributed by atoms with Crippen LogP contribution in [0.3, 0.4) is 0 Å². The van der Waals surface area contributed by atoms with Crippen LogP contribution in [0, 0.1) is 12.7 Å². The molecule has 2 aromatic rings. The molecule has 2 N–H and O–H groups in total. The Morgan fingerprint density at radius 1 is 1.25 bits per heavy atom. The number of nitrogens with two attached hydrogens (primary N) is 1. The van der Waals surface area contributed by atoms with Gasteiger partial charge in [-0.2, -0.15) is 0 Å². The van der Waals surface area contributed by atoms with Gasteiger partial charge in [0.1, 0.15) is 11.6 Å². The quantitative estimate of drug-likeness (QED) is 0.824. The monoisotopic (exact) mass is 236 g/mol. The van der Waals surface area contributed by atoms with Gasteiger partial charge < -0.3 is 5.73 Å². The van der Waals surface area contributed by atoms with Gasteiger partial charge in [-0.3, -0.25) is 0 Å². The fraction of sp³-hybridized carbons (Fsp3) is 0.0833. The van der Waals surface area contributed by atoms with Crippen LogP contribution in [0.4, 0.5) is 10.2 Å². The number of nitrogens with zero attached hydrogens (tertiary/aromatic N) is 1. The van der Waals surface area contributed by atoms with Crippen LogP contribution in [0.25, 0.3) is 11.1 Å². The van der Waals surface area contributed by atoms with Crippen molar-refractivity contribution in [1.82, 2.24) is 4.98 Å². The number of halogens is 2. The first-order valence-corrected chi connectivity index (χ1v) is 5.13. The molecule has 0 radical (unpaired) electrons. The molecule has 0 fully saturated rings. The molecule has 1 aromatic carbocycles. The smallest absolute Gasteiger partial charge is 0.131 e. The Hall–Kier alpha value is -1.61. The predicted octanol–water partition coefficient (Wildman–Crippen LogP) is 3.43. The average Bonchev–Trinajstić information content (AvgIpc) is 2.25. The number of nitrogen functional groups attached to an aromatic ring is 1. The molecule has 0 saturated heterocycles. The highest BCUT2D eigenvalue weighted by molar-refractivity contribution is 6.30. The van der Waals surface area contributed by atoms with Gasteiger partial charge in [0.2, 0.25) is 0 Å². The largest absolute Gasteiger partial charge is 0.383 e. The Balaban J connectivity index is 2.66. The minimum Gasteiger partial charge on any atom is -0.383 e. The molecule has 2 rings (SSSR count). The molecule has 0 spiro atoms. The van der Waals surface area contributed by atoms with Crippen molar-refractivity contribution in [2.24, 2.45) is 0 Å². The summed E-state index contributed by atoms with van der Waals surface area (Å²) in [6.07, 6.45) is 1.47. The normalized spacial score (nSPS) is 10.4. The van der Waals surface area contributed by atoms with Crippen molar-refractivity contribution in [3.05, 3.63) is 46.9 Å². The fourth-order valence-electron chi connectivity index (χ4n) is 1.55. The summed E-state index contributed by atoms with van der Waals surface area (Å²) >= 11 is 5.85. The molecule has 0 saturated carbocycles. The van der Waals surface area contributed by atoms with Gasteiger partial charge in [0.15, 0.2) is 0 Å². The highest BCUT2D eigenvalue weighted by Crippen LogP contribution is 2.29. The number of rotatable bonds is 1. The van der Waals surface area contributed by atoms with Crippen molar-refractivity contribution in [3.8, 4) is 11.1 Å². The third-order valence-electron chi connectivity index (χ3n) is 2.37. The van der Waals surface area contributed by atoms with Gasteiger partial charge in [-0.1, -0.05) is 17.7 Å². The highest BCUT2D eigenvalue weighted by Gasteiger charge is 2.08. The summed E-state index contributed by atoms with van der Waals surface area (Å²) < 4.78 is 13.2. The third kappa shape index (κ3) is 1.99. The topological polar surface area (TPSA) is 38.9 Å². The van der Waals surface area contributed by atoms with E-state index in [1.54, 1.807) is 12.1 Å². The van der Waals surface area contributed by atoms with Crippen LogP contribution >= 0.6 is 11.6 Å². The summed E-state index contributed by atoms with van der Waals surface area (Å²) in [7, 11) is 0. The van der Waals surface area contributed by atoms with E-state index in [1.807, 2.05) is 6.92 Å². The van der Waals surface area contributed by atoms with E-state index in [0.717, 1.165) is 5.56 Å². The van der Waals surface area contributed by atoms with Gasteiger partial charge in [0.05, 0.1) is 5.02 Å².